The highest BCUT2D eigenvalue weighted by atomic mass is 16.4. The van der Waals surface area contributed by atoms with Crippen molar-refractivity contribution in [2.45, 2.75) is 19.9 Å². The summed E-state index contributed by atoms with van der Waals surface area (Å²) in [6, 6.07) is 8.62. The summed E-state index contributed by atoms with van der Waals surface area (Å²) < 4.78 is 0. The number of nitrogens with zero attached hydrogens (tertiary/aromatic N) is 1. The smallest absolute Gasteiger partial charge is 0.227 e. The Morgan fingerprint density at radius 2 is 1.69 bits per heavy atom. The van der Waals surface area contributed by atoms with E-state index in [2.05, 4.69) is 31.2 Å². The topological polar surface area (TPSA) is 64.9 Å². The van der Waals surface area contributed by atoms with Crippen LogP contribution < -0.4 is 10.0 Å². The lowest BCUT2D eigenvalue weighted by atomic mass is 9.82. The molecular formula is C21H26N2O3. The summed E-state index contributed by atoms with van der Waals surface area (Å²) in [6.07, 6.45) is 4.78. The minimum Gasteiger partial charge on any atom is -0.550 e. The Balaban J connectivity index is 1.36. The van der Waals surface area contributed by atoms with Crippen molar-refractivity contribution in [2.24, 2.45) is 23.7 Å². The summed E-state index contributed by atoms with van der Waals surface area (Å²) in [4.78, 5) is 27.9. The normalized spacial score (nSPS) is 30.7. The second kappa shape index (κ2) is 6.88. The second-order valence-corrected chi connectivity index (χ2v) is 8.06. The number of quaternary nitrogens is 1. The third-order valence-electron chi connectivity index (χ3n) is 6.37. The number of rotatable bonds is 4. The van der Waals surface area contributed by atoms with Gasteiger partial charge in [-0.15, -0.1) is 0 Å². The molecule has 2 bridgehead atoms. The third-order valence-corrected chi connectivity index (χ3v) is 6.37. The van der Waals surface area contributed by atoms with E-state index in [1.54, 1.807) is 0 Å². The fourth-order valence-electron chi connectivity index (χ4n) is 4.91. The summed E-state index contributed by atoms with van der Waals surface area (Å²) in [5, 5.41) is 11.5. The van der Waals surface area contributed by atoms with E-state index in [-0.39, 0.29) is 17.7 Å². The number of aryl methyl sites for hydroxylation is 1. The number of piperazine rings is 1. The van der Waals surface area contributed by atoms with Crippen LogP contribution in [0.4, 0.5) is 0 Å². The minimum absolute atomic E-state index is 0.0189. The molecule has 4 rings (SSSR count). The Hall–Kier alpha value is -2.14. The lowest BCUT2D eigenvalue weighted by molar-refractivity contribution is -0.917. The molecule has 0 radical (unpaired) electrons. The number of carbonyl (C=O) groups is 2. The van der Waals surface area contributed by atoms with Gasteiger partial charge in [-0.25, -0.2) is 0 Å². The molecule has 1 heterocycles. The number of amides is 1. The largest absolute Gasteiger partial charge is 0.550 e. The number of fused-ring (bicyclic) bond motifs is 2. The molecule has 26 heavy (non-hydrogen) atoms. The van der Waals surface area contributed by atoms with Crippen LogP contribution in [-0.4, -0.2) is 43.0 Å². The molecule has 2 fully saturated rings. The van der Waals surface area contributed by atoms with Crippen molar-refractivity contribution in [1.82, 2.24) is 4.90 Å². The molecule has 1 aromatic carbocycles. The van der Waals surface area contributed by atoms with Gasteiger partial charge in [0.2, 0.25) is 5.91 Å². The molecule has 0 aromatic heterocycles. The van der Waals surface area contributed by atoms with Gasteiger partial charge in [-0.1, -0.05) is 42.0 Å². The fourth-order valence-corrected chi connectivity index (χ4v) is 4.91. The molecule has 0 unspecified atom stereocenters. The SMILES string of the molecule is Cc1ccc(C[NH+]2CCN(C(=O)[C@@H]3[C@@H](C(=O)[O-])[C@@H]4C=C[C@@H]3C4)CC2)cc1. The number of nitrogens with one attached hydrogen (secondary N) is 1. The van der Waals surface area contributed by atoms with E-state index in [1.165, 1.54) is 16.0 Å². The molecule has 1 saturated heterocycles. The highest BCUT2D eigenvalue weighted by Gasteiger charge is 2.50. The molecular weight excluding hydrogens is 328 g/mol. The second-order valence-electron chi connectivity index (χ2n) is 8.06. The van der Waals surface area contributed by atoms with Crippen LogP contribution in [0.3, 0.4) is 0 Å². The first-order valence-corrected chi connectivity index (χ1v) is 9.60. The minimum atomic E-state index is -1.07. The standard InChI is InChI=1S/C21H26N2O3/c1-14-2-4-15(5-3-14)13-22-8-10-23(11-9-22)20(24)18-16-6-7-17(12-16)19(18)21(25)26/h2-7,16-19H,8-13H2,1H3,(H,25,26)/t16-,17-,18+,19+/m1/s1. The van der Waals surface area contributed by atoms with Gasteiger partial charge in [0.15, 0.2) is 0 Å². The maximum absolute atomic E-state index is 13.0. The van der Waals surface area contributed by atoms with Crippen LogP contribution >= 0.6 is 0 Å². The molecule has 1 aromatic rings. The van der Waals surface area contributed by atoms with E-state index in [9.17, 15) is 14.7 Å². The van der Waals surface area contributed by atoms with Gasteiger partial charge in [0.05, 0.1) is 32.1 Å². The van der Waals surface area contributed by atoms with Gasteiger partial charge in [-0.2, -0.15) is 0 Å². The molecule has 5 heteroatoms. The Kier molecular flexibility index (Phi) is 4.57. The predicted molar refractivity (Wildman–Crippen MR) is 94.9 cm³/mol. The Bertz CT molecular complexity index is 719. The van der Waals surface area contributed by atoms with E-state index in [1.807, 2.05) is 17.1 Å². The van der Waals surface area contributed by atoms with Crippen LogP contribution in [0, 0.1) is 30.6 Å². The van der Waals surface area contributed by atoms with Crippen molar-refractivity contribution >= 4 is 11.9 Å². The average molecular weight is 354 g/mol. The molecule has 1 N–H and O–H groups in total. The van der Waals surface area contributed by atoms with E-state index in [0.29, 0.717) is 13.1 Å². The van der Waals surface area contributed by atoms with Crippen LogP contribution in [0.15, 0.2) is 36.4 Å². The van der Waals surface area contributed by atoms with Crippen molar-refractivity contribution in [3.63, 3.8) is 0 Å². The number of hydrogen-bond acceptors (Lipinski definition) is 3. The Morgan fingerprint density at radius 3 is 2.31 bits per heavy atom. The zero-order chi connectivity index (χ0) is 18.3. The molecule has 0 spiro atoms. The van der Waals surface area contributed by atoms with Gasteiger partial charge in [-0.05, 0) is 25.2 Å². The van der Waals surface area contributed by atoms with Crippen LogP contribution in [0.1, 0.15) is 17.5 Å². The van der Waals surface area contributed by atoms with Crippen molar-refractivity contribution in [1.29, 1.82) is 0 Å². The number of carbonyl (C=O) groups excluding carboxylic acids is 2. The van der Waals surface area contributed by atoms with E-state index in [4.69, 9.17) is 0 Å². The summed E-state index contributed by atoms with van der Waals surface area (Å²) in [7, 11) is 0. The van der Waals surface area contributed by atoms with Gasteiger partial charge in [0.1, 0.15) is 6.54 Å². The number of benzene rings is 1. The molecule has 3 aliphatic rings. The first-order chi connectivity index (χ1) is 12.5. The quantitative estimate of drug-likeness (QED) is 0.735. The van der Waals surface area contributed by atoms with Crippen molar-refractivity contribution in [3.8, 4) is 0 Å². The summed E-state index contributed by atoms with van der Waals surface area (Å²) >= 11 is 0. The molecule has 1 aliphatic heterocycles. The van der Waals surface area contributed by atoms with Crippen molar-refractivity contribution < 1.29 is 19.6 Å². The predicted octanol–water partition coefficient (Wildman–Crippen LogP) is -0.590. The summed E-state index contributed by atoms with van der Waals surface area (Å²) in [5.74, 6) is -2.06. The maximum Gasteiger partial charge on any atom is 0.227 e. The van der Waals surface area contributed by atoms with Crippen molar-refractivity contribution in [2.75, 3.05) is 26.2 Å². The monoisotopic (exact) mass is 354 g/mol. The lowest BCUT2D eigenvalue weighted by Crippen LogP contribution is -3.13. The number of carboxylic acid groups (broad SMARTS) is 1. The Labute approximate surface area is 154 Å². The van der Waals surface area contributed by atoms with Gasteiger partial charge >= 0.3 is 0 Å². The van der Waals surface area contributed by atoms with Crippen LogP contribution in [0.5, 0.6) is 0 Å². The van der Waals surface area contributed by atoms with Gasteiger partial charge < -0.3 is 19.7 Å². The zero-order valence-corrected chi connectivity index (χ0v) is 15.2. The molecule has 2 aliphatic carbocycles. The van der Waals surface area contributed by atoms with Crippen molar-refractivity contribution in [3.05, 3.63) is 47.5 Å². The van der Waals surface area contributed by atoms with Gasteiger partial charge in [0.25, 0.3) is 0 Å². The number of hydrogen-bond donors (Lipinski definition) is 1. The van der Waals surface area contributed by atoms with Crippen LogP contribution in [-0.2, 0) is 16.1 Å². The molecule has 4 atom stereocenters. The number of carboxylic acids is 1. The number of aliphatic carboxylic acids is 1. The van der Waals surface area contributed by atoms with E-state index >= 15 is 0 Å². The summed E-state index contributed by atoms with van der Waals surface area (Å²) in [6.45, 7) is 6.29. The molecule has 138 valence electrons. The average Bonchev–Trinajstić information content (AvgIpc) is 3.25. The first-order valence-electron chi connectivity index (χ1n) is 9.60. The fraction of sp³-hybridized carbons (Fsp3) is 0.524. The molecule has 5 nitrogen and oxygen atoms in total. The lowest BCUT2D eigenvalue weighted by Gasteiger charge is -2.37. The number of allylic oxidation sites excluding steroid dienone is 2. The van der Waals surface area contributed by atoms with Crippen LogP contribution in [0.25, 0.3) is 0 Å². The zero-order valence-electron chi connectivity index (χ0n) is 15.2. The molecule has 1 saturated carbocycles. The van der Waals surface area contributed by atoms with Crippen LogP contribution in [0.2, 0.25) is 0 Å². The third kappa shape index (κ3) is 3.16. The Morgan fingerprint density at radius 1 is 1.08 bits per heavy atom. The van der Waals surface area contributed by atoms with E-state index in [0.717, 1.165) is 26.1 Å². The van der Waals surface area contributed by atoms with E-state index < -0.39 is 17.8 Å². The first kappa shape index (κ1) is 17.3. The highest BCUT2D eigenvalue weighted by Crippen LogP contribution is 2.48. The maximum atomic E-state index is 13.0. The van der Waals surface area contributed by atoms with Gasteiger partial charge in [0, 0.05) is 17.5 Å². The molecule has 1 amide bonds. The van der Waals surface area contributed by atoms with Gasteiger partial charge in [-0.3, -0.25) is 4.79 Å². The highest BCUT2D eigenvalue weighted by molar-refractivity contribution is 5.86. The summed E-state index contributed by atoms with van der Waals surface area (Å²) in [5.41, 5.74) is 2.59.